The van der Waals surface area contributed by atoms with Crippen LogP contribution in [-0.2, 0) is 9.13 Å². The van der Waals surface area contributed by atoms with Crippen molar-refractivity contribution >= 4 is 15.2 Å². The fourth-order valence-corrected chi connectivity index (χ4v) is 3.60. The van der Waals surface area contributed by atoms with Gasteiger partial charge in [0.1, 0.15) is 0 Å². The Bertz CT molecular complexity index is 217. The van der Waals surface area contributed by atoms with Crippen molar-refractivity contribution in [3.63, 3.8) is 0 Å². The summed E-state index contributed by atoms with van der Waals surface area (Å²) in [5, 5.41) is -2.11. The van der Waals surface area contributed by atoms with Crippen LogP contribution in [0.5, 0.6) is 0 Å². The summed E-state index contributed by atoms with van der Waals surface area (Å²) in [6.07, 6.45) is 0. The smallest absolute Gasteiger partial charge is 0.327 e. The molecule has 0 bridgehead atoms. The maximum absolute atomic E-state index is 10.5. The lowest BCUT2D eigenvalue weighted by Gasteiger charge is -2.22. The van der Waals surface area contributed by atoms with Crippen molar-refractivity contribution < 1.29 is 28.7 Å². The van der Waals surface area contributed by atoms with Crippen LogP contribution >= 0.6 is 15.2 Å². The van der Waals surface area contributed by atoms with Gasteiger partial charge in [0.05, 0.1) is 0 Å². The fraction of sp³-hybridized carbons (Fsp3) is 1.00. The van der Waals surface area contributed by atoms with Gasteiger partial charge < -0.3 is 25.3 Å². The van der Waals surface area contributed by atoms with Crippen molar-refractivity contribution in [3.05, 3.63) is 0 Å². The molecule has 0 aliphatic heterocycles. The number of hydrogen-bond donors (Lipinski definition) is 5. The predicted molar refractivity (Wildman–Crippen MR) is 41.5 cm³/mol. The van der Waals surface area contributed by atoms with E-state index in [1.54, 1.807) is 0 Å². The van der Waals surface area contributed by atoms with Crippen molar-refractivity contribution in [2.24, 2.45) is 5.73 Å². The molecule has 0 rings (SSSR count). The second-order valence-electron chi connectivity index (χ2n) is 2.45. The summed E-state index contributed by atoms with van der Waals surface area (Å²) in [6.45, 7) is 1.13. The summed E-state index contributed by atoms with van der Waals surface area (Å²) in [4.78, 5) is 34.1. The normalized spacial score (nSPS) is 16.6. The van der Waals surface area contributed by atoms with Gasteiger partial charge in [-0.2, -0.15) is 0 Å². The third-order valence-electron chi connectivity index (χ3n) is 1.16. The van der Waals surface area contributed by atoms with Crippen LogP contribution in [0.4, 0.5) is 0 Å². The molecule has 0 amide bonds. The third kappa shape index (κ3) is 3.33. The Hall–Kier alpha value is 0.260. The van der Waals surface area contributed by atoms with E-state index < -0.39 is 26.6 Å². The zero-order valence-electron chi connectivity index (χ0n) is 6.23. The van der Waals surface area contributed by atoms with Crippen LogP contribution in [0.1, 0.15) is 6.92 Å². The molecule has 7 nitrogen and oxygen atoms in total. The van der Waals surface area contributed by atoms with Gasteiger partial charge in [0.2, 0.25) is 0 Å². The maximum atomic E-state index is 10.5. The van der Waals surface area contributed by atoms with E-state index in [1.807, 2.05) is 0 Å². The van der Waals surface area contributed by atoms with Crippen molar-refractivity contribution in [1.29, 1.82) is 0 Å². The zero-order valence-corrected chi connectivity index (χ0v) is 8.02. The summed E-state index contributed by atoms with van der Waals surface area (Å²) in [7, 11) is -9.68. The Balaban J connectivity index is 4.97. The van der Waals surface area contributed by atoms with E-state index in [2.05, 4.69) is 0 Å². The average molecular weight is 219 g/mol. The number of rotatable bonds is 3. The molecule has 6 N–H and O–H groups in total. The van der Waals surface area contributed by atoms with Gasteiger partial charge in [-0.3, -0.25) is 9.13 Å². The molecule has 0 radical (unpaired) electrons. The Morgan fingerprint density at radius 2 is 1.33 bits per heavy atom. The van der Waals surface area contributed by atoms with E-state index in [1.165, 1.54) is 0 Å². The van der Waals surface area contributed by atoms with Crippen LogP contribution in [0.25, 0.3) is 0 Å². The van der Waals surface area contributed by atoms with Gasteiger partial charge in [-0.05, 0) is 6.92 Å². The van der Waals surface area contributed by atoms with Crippen molar-refractivity contribution in [2.75, 3.05) is 0 Å². The molecule has 0 aromatic heterocycles. The molecule has 74 valence electrons. The minimum Gasteiger partial charge on any atom is -0.327 e. The third-order valence-corrected chi connectivity index (χ3v) is 5.28. The Morgan fingerprint density at radius 3 is 1.33 bits per heavy atom. The molecule has 0 fully saturated rings. The molecule has 0 saturated carbocycles. The molecule has 0 saturated heterocycles. The topological polar surface area (TPSA) is 141 Å². The molecule has 0 aromatic rings. The van der Waals surface area contributed by atoms with Gasteiger partial charge in [-0.15, -0.1) is 0 Å². The van der Waals surface area contributed by atoms with E-state index in [-0.39, 0.29) is 0 Å². The average Bonchev–Trinajstić information content (AvgIpc) is 1.49. The summed E-state index contributed by atoms with van der Waals surface area (Å²) in [6, 6.07) is -1.26. The van der Waals surface area contributed by atoms with Crippen molar-refractivity contribution in [2.45, 2.75) is 18.4 Å². The Labute approximate surface area is 68.9 Å². The molecule has 1 atom stereocenters. The SMILES string of the molecule is CC(N)C(P(=O)(O)O)P(=O)(O)O. The van der Waals surface area contributed by atoms with E-state index in [0.717, 1.165) is 6.92 Å². The minimum absolute atomic E-state index is 1.13. The van der Waals surface area contributed by atoms with Gasteiger partial charge in [0.25, 0.3) is 0 Å². The molecule has 0 spiro atoms. The second kappa shape index (κ2) is 3.55. The highest BCUT2D eigenvalue weighted by molar-refractivity contribution is 7.71. The molecule has 1 unspecified atom stereocenters. The highest BCUT2D eigenvalue weighted by Crippen LogP contribution is 2.60. The first-order valence-electron chi connectivity index (χ1n) is 2.93. The first kappa shape index (κ1) is 12.3. The molecule has 12 heavy (non-hydrogen) atoms. The van der Waals surface area contributed by atoms with E-state index >= 15 is 0 Å². The Kier molecular flexibility index (Phi) is 3.63. The summed E-state index contributed by atoms with van der Waals surface area (Å²) in [5.41, 5.74) is 5.02. The lowest BCUT2D eigenvalue weighted by Crippen LogP contribution is -2.31. The van der Waals surface area contributed by atoms with Crippen LogP contribution in [0.2, 0.25) is 0 Å². The molecular formula is C3H11NO6P2. The van der Waals surface area contributed by atoms with Crippen LogP contribution in [0, 0.1) is 0 Å². The van der Waals surface area contributed by atoms with Gasteiger partial charge in [-0.1, -0.05) is 0 Å². The predicted octanol–water partition coefficient (Wildman–Crippen LogP) is -0.985. The van der Waals surface area contributed by atoms with Crippen molar-refractivity contribution in [1.82, 2.24) is 0 Å². The maximum Gasteiger partial charge on any atom is 0.342 e. The largest absolute Gasteiger partial charge is 0.342 e. The van der Waals surface area contributed by atoms with Gasteiger partial charge in [0.15, 0.2) is 5.40 Å². The molecule has 0 aliphatic carbocycles. The highest BCUT2D eigenvalue weighted by Gasteiger charge is 2.45. The lowest BCUT2D eigenvalue weighted by atomic mass is 10.4. The second-order valence-corrected chi connectivity index (χ2v) is 6.33. The monoisotopic (exact) mass is 219 g/mol. The van der Waals surface area contributed by atoms with Crippen molar-refractivity contribution in [3.8, 4) is 0 Å². The van der Waals surface area contributed by atoms with Gasteiger partial charge in [0, 0.05) is 6.04 Å². The van der Waals surface area contributed by atoms with Crippen LogP contribution in [0.15, 0.2) is 0 Å². The first-order valence-corrected chi connectivity index (χ1v) is 6.29. The molecular weight excluding hydrogens is 208 g/mol. The molecule has 0 heterocycles. The zero-order chi connectivity index (χ0) is 10.2. The van der Waals surface area contributed by atoms with Gasteiger partial charge >= 0.3 is 15.2 Å². The molecule has 0 aliphatic rings. The highest BCUT2D eigenvalue weighted by atomic mass is 31.2. The summed E-state index contributed by atoms with van der Waals surface area (Å²) < 4.78 is 21.1. The Morgan fingerprint density at radius 1 is 1.08 bits per heavy atom. The molecule has 9 heteroatoms. The summed E-state index contributed by atoms with van der Waals surface area (Å²) in [5.74, 6) is 0. The molecule has 0 aromatic carbocycles. The van der Waals surface area contributed by atoms with Crippen LogP contribution in [-0.4, -0.2) is 31.0 Å². The minimum atomic E-state index is -4.84. The van der Waals surface area contributed by atoms with E-state index in [9.17, 15) is 9.13 Å². The number of hydrogen-bond acceptors (Lipinski definition) is 3. The standard InChI is InChI=1S/C3H11NO6P2/c1-2(4)3(11(5,6)7)12(8,9)10/h2-3H,4H2,1H3,(H2,5,6,7)(H2,8,9,10). The van der Waals surface area contributed by atoms with E-state index in [4.69, 9.17) is 25.3 Å². The van der Waals surface area contributed by atoms with Crippen LogP contribution < -0.4 is 5.73 Å². The van der Waals surface area contributed by atoms with Crippen LogP contribution in [0.3, 0.4) is 0 Å². The van der Waals surface area contributed by atoms with E-state index in [0.29, 0.717) is 0 Å². The lowest BCUT2D eigenvalue weighted by molar-refractivity contribution is 0.332. The fourth-order valence-electron chi connectivity index (χ4n) is 0.809. The quantitative estimate of drug-likeness (QED) is 0.384. The summed E-state index contributed by atoms with van der Waals surface area (Å²) >= 11 is 0. The number of nitrogens with two attached hydrogens (primary N) is 1. The first-order chi connectivity index (χ1) is 5.07. The van der Waals surface area contributed by atoms with Gasteiger partial charge in [-0.25, -0.2) is 0 Å².